The minimum absolute atomic E-state index is 0.0685. The summed E-state index contributed by atoms with van der Waals surface area (Å²) in [5.41, 5.74) is -1.02. The number of para-hydroxylation sites is 1. The molecule has 0 spiro atoms. The molecule has 0 atom stereocenters. The predicted molar refractivity (Wildman–Crippen MR) is 70.3 cm³/mol. The number of carbonyl (C=O) groups is 2. The zero-order chi connectivity index (χ0) is 14.5. The molecule has 0 saturated carbocycles. The molecule has 1 aromatic rings. The van der Waals surface area contributed by atoms with Crippen LogP contribution in [0.1, 0.15) is 33.1 Å². The van der Waals surface area contributed by atoms with Crippen molar-refractivity contribution >= 4 is 17.6 Å². The Labute approximate surface area is 111 Å². The van der Waals surface area contributed by atoms with Crippen molar-refractivity contribution in [1.82, 2.24) is 0 Å². The summed E-state index contributed by atoms with van der Waals surface area (Å²) in [5.74, 6) is -2.03. The largest absolute Gasteiger partial charge is 0.481 e. The number of halogens is 1. The molecule has 1 amide bonds. The molecule has 1 aromatic carbocycles. The standard InChI is InChI=1S/C14H18FNO3/c1-3-14(4-2,13(18)19)9-12(17)16-11-8-6-5-7-10(11)15/h5-8H,3-4,9H2,1-2H3,(H,16,17)(H,18,19). The molecule has 0 aliphatic carbocycles. The van der Waals surface area contributed by atoms with E-state index in [2.05, 4.69) is 5.32 Å². The van der Waals surface area contributed by atoms with Crippen LogP contribution >= 0.6 is 0 Å². The molecule has 4 nitrogen and oxygen atoms in total. The zero-order valence-electron chi connectivity index (χ0n) is 11.1. The third-order valence-corrected chi connectivity index (χ3v) is 3.45. The number of nitrogens with one attached hydrogen (secondary N) is 1. The van der Waals surface area contributed by atoms with Crippen molar-refractivity contribution < 1.29 is 19.1 Å². The number of rotatable bonds is 6. The highest BCUT2D eigenvalue weighted by Crippen LogP contribution is 2.31. The molecule has 0 radical (unpaired) electrons. The Morgan fingerprint density at radius 2 is 1.84 bits per heavy atom. The van der Waals surface area contributed by atoms with Gasteiger partial charge in [0.05, 0.1) is 11.1 Å². The second-order valence-corrected chi connectivity index (χ2v) is 4.50. The quantitative estimate of drug-likeness (QED) is 0.832. The monoisotopic (exact) mass is 267 g/mol. The van der Waals surface area contributed by atoms with Crippen LogP contribution in [0.3, 0.4) is 0 Å². The average molecular weight is 267 g/mol. The maximum Gasteiger partial charge on any atom is 0.310 e. The van der Waals surface area contributed by atoms with Gasteiger partial charge in [0, 0.05) is 6.42 Å². The van der Waals surface area contributed by atoms with Gasteiger partial charge in [0.15, 0.2) is 0 Å². The Kier molecular flexibility index (Phi) is 5.03. The van der Waals surface area contributed by atoms with Crippen LogP contribution in [0.4, 0.5) is 10.1 Å². The SMILES string of the molecule is CCC(CC)(CC(=O)Nc1ccccc1F)C(=O)O. The average Bonchev–Trinajstić information content (AvgIpc) is 2.38. The molecular formula is C14H18FNO3. The number of hydrogen-bond donors (Lipinski definition) is 2. The van der Waals surface area contributed by atoms with E-state index in [0.717, 1.165) is 0 Å². The molecule has 0 aliphatic heterocycles. The summed E-state index contributed by atoms with van der Waals surface area (Å²) in [6, 6.07) is 5.79. The Bertz CT molecular complexity index is 470. The lowest BCUT2D eigenvalue weighted by atomic mass is 9.79. The van der Waals surface area contributed by atoms with Gasteiger partial charge in [-0.2, -0.15) is 0 Å². The maximum absolute atomic E-state index is 13.4. The molecule has 0 unspecified atom stereocenters. The van der Waals surface area contributed by atoms with Crippen LogP contribution in [0.5, 0.6) is 0 Å². The fourth-order valence-electron chi connectivity index (χ4n) is 1.94. The smallest absolute Gasteiger partial charge is 0.310 e. The van der Waals surface area contributed by atoms with Gasteiger partial charge in [0.1, 0.15) is 5.82 Å². The summed E-state index contributed by atoms with van der Waals surface area (Å²) in [6.45, 7) is 3.46. The van der Waals surface area contributed by atoms with Crippen LogP contribution in [-0.4, -0.2) is 17.0 Å². The second-order valence-electron chi connectivity index (χ2n) is 4.50. The predicted octanol–water partition coefficient (Wildman–Crippen LogP) is 3.05. The van der Waals surface area contributed by atoms with E-state index in [1.165, 1.54) is 18.2 Å². The number of carbonyl (C=O) groups excluding carboxylic acids is 1. The minimum Gasteiger partial charge on any atom is -0.481 e. The number of benzene rings is 1. The first-order chi connectivity index (χ1) is 8.95. The summed E-state index contributed by atoms with van der Waals surface area (Å²) in [4.78, 5) is 23.1. The number of amides is 1. The van der Waals surface area contributed by atoms with Crippen molar-refractivity contribution in [3.63, 3.8) is 0 Å². The minimum atomic E-state index is -1.09. The van der Waals surface area contributed by atoms with E-state index in [1.807, 2.05) is 0 Å². The molecule has 0 fully saturated rings. The molecule has 0 bridgehead atoms. The third kappa shape index (κ3) is 3.53. The molecule has 19 heavy (non-hydrogen) atoms. The molecule has 1 rings (SSSR count). The zero-order valence-corrected chi connectivity index (χ0v) is 11.1. The lowest BCUT2D eigenvalue weighted by Crippen LogP contribution is -2.34. The Hall–Kier alpha value is -1.91. The van der Waals surface area contributed by atoms with Crippen LogP contribution in [-0.2, 0) is 9.59 Å². The molecule has 0 aliphatic rings. The van der Waals surface area contributed by atoms with E-state index >= 15 is 0 Å². The number of aliphatic carboxylic acids is 1. The van der Waals surface area contributed by atoms with Gasteiger partial charge in [-0.15, -0.1) is 0 Å². The van der Waals surface area contributed by atoms with Crippen LogP contribution in [0.25, 0.3) is 0 Å². The highest BCUT2D eigenvalue weighted by molar-refractivity contribution is 5.94. The summed E-state index contributed by atoms with van der Waals surface area (Å²) in [6.07, 6.45) is 0.538. The Morgan fingerprint density at radius 3 is 2.32 bits per heavy atom. The van der Waals surface area contributed by atoms with Crippen LogP contribution < -0.4 is 5.32 Å². The van der Waals surface area contributed by atoms with Gasteiger partial charge in [-0.05, 0) is 25.0 Å². The summed E-state index contributed by atoms with van der Waals surface area (Å²) < 4.78 is 13.4. The van der Waals surface area contributed by atoms with Crippen molar-refractivity contribution in [3.05, 3.63) is 30.1 Å². The van der Waals surface area contributed by atoms with E-state index in [1.54, 1.807) is 19.9 Å². The fourth-order valence-corrected chi connectivity index (χ4v) is 1.94. The van der Waals surface area contributed by atoms with Gasteiger partial charge in [0.2, 0.25) is 5.91 Å². The van der Waals surface area contributed by atoms with Gasteiger partial charge in [-0.25, -0.2) is 4.39 Å². The first kappa shape index (κ1) is 15.1. The van der Waals surface area contributed by atoms with Crippen LogP contribution in [0, 0.1) is 11.2 Å². The van der Waals surface area contributed by atoms with Gasteiger partial charge < -0.3 is 10.4 Å². The number of hydrogen-bond acceptors (Lipinski definition) is 2. The normalized spacial score (nSPS) is 11.1. The molecule has 2 N–H and O–H groups in total. The van der Waals surface area contributed by atoms with Gasteiger partial charge >= 0.3 is 5.97 Å². The van der Waals surface area contributed by atoms with E-state index in [9.17, 15) is 19.1 Å². The lowest BCUT2D eigenvalue weighted by Gasteiger charge is -2.25. The van der Waals surface area contributed by atoms with Crippen molar-refractivity contribution in [2.45, 2.75) is 33.1 Å². The lowest BCUT2D eigenvalue weighted by molar-refractivity contribution is -0.151. The van der Waals surface area contributed by atoms with Crippen LogP contribution in [0.15, 0.2) is 24.3 Å². The van der Waals surface area contributed by atoms with Crippen molar-refractivity contribution in [3.8, 4) is 0 Å². The van der Waals surface area contributed by atoms with E-state index < -0.39 is 23.1 Å². The van der Waals surface area contributed by atoms with Crippen molar-refractivity contribution in [2.24, 2.45) is 5.41 Å². The molecule has 104 valence electrons. The number of carboxylic acids is 1. The highest BCUT2D eigenvalue weighted by atomic mass is 19.1. The number of carboxylic acid groups (broad SMARTS) is 1. The Balaban J connectivity index is 2.80. The number of anilines is 1. The van der Waals surface area contributed by atoms with Crippen molar-refractivity contribution in [1.29, 1.82) is 0 Å². The Morgan fingerprint density at radius 1 is 1.26 bits per heavy atom. The molecular weight excluding hydrogens is 249 g/mol. The van der Waals surface area contributed by atoms with E-state index in [-0.39, 0.29) is 12.1 Å². The van der Waals surface area contributed by atoms with Crippen molar-refractivity contribution in [2.75, 3.05) is 5.32 Å². The first-order valence-corrected chi connectivity index (χ1v) is 6.23. The van der Waals surface area contributed by atoms with Crippen LogP contribution in [0.2, 0.25) is 0 Å². The van der Waals surface area contributed by atoms with Gasteiger partial charge in [0.25, 0.3) is 0 Å². The third-order valence-electron chi connectivity index (χ3n) is 3.45. The summed E-state index contributed by atoms with van der Waals surface area (Å²) >= 11 is 0. The van der Waals surface area contributed by atoms with E-state index in [0.29, 0.717) is 12.8 Å². The topological polar surface area (TPSA) is 66.4 Å². The summed E-state index contributed by atoms with van der Waals surface area (Å²) in [5, 5.41) is 11.7. The molecule has 0 saturated heterocycles. The fraction of sp³-hybridized carbons (Fsp3) is 0.429. The highest BCUT2D eigenvalue weighted by Gasteiger charge is 2.37. The van der Waals surface area contributed by atoms with E-state index in [4.69, 9.17) is 0 Å². The maximum atomic E-state index is 13.4. The van der Waals surface area contributed by atoms with Gasteiger partial charge in [-0.1, -0.05) is 26.0 Å². The summed E-state index contributed by atoms with van der Waals surface area (Å²) in [7, 11) is 0. The second kappa shape index (κ2) is 6.31. The first-order valence-electron chi connectivity index (χ1n) is 6.23. The molecule has 0 heterocycles. The van der Waals surface area contributed by atoms with Gasteiger partial charge in [-0.3, -0.25) is 9.59 Å². The molecule has 0 aromatic heterocycles. The molecule has 5 heteroatoms.